The van der Waals surface area contributed by atoms with Gasteiger partial charge in [0.2, 0.25) is 0 Å². The Morgan fingerprint density at radius 1 is 1.08 bits per heavy atom. The van der Waals surface area contributed by atoms with Crippen LogP contribution in [0.15, 0.2) is 11.6 Å². The van der Waals surface area contributed by atoms with Crippen LogP contribution < -0.4 is 0 Å². The largest absolute Gasteiger partial charge is 0.458 e. The third-order valence-corrected chi connectivity index (χ3v) is 12.2. The van der Waals surface area contributed by atoms with Crippen molar-refractivity contribution in [3.8, 4) is 0 Å². The predicted molar refractivity (Wildman–Crippen MR) is 138 cm³/mol. The van der Waals surface area contributed by atoms with Crippen LogP contribution in [0.1, 0.15) is 78.6 Å². The molecule has 214 valence electrons. The number of carbonyl (C=O) groups excluding carboxylic acids is 1. The highest BCUT2D eigenvalue weighted by atomic mass is 16.7. The van der Waals surface area contributed by atoms with Crippen molar-refractivity contribution in [2.45, 2.75) is 121 Å². The molecule has 0 aromatic heterocycles. The van der Waals surface area contributed by atoms with Crippen molar-refractivity contribution in [2.75, 3.05) is 13.7 Å². The minimum Gasteiger partial charge on any atom is -0.458 e. The number of rotatable bonds is 4. The number of aliphatic hydroxyl groups excluding tert-OH is 2. The summed E-state index contributed by atoms with van der Waals surface area (Å²) in [7, 11) is 1.62. The molecule has 3 N–H and O–H groups in total. The van der Waals surface area contributed by atoms with Gasteiger partial charge in [0, 0.05) is 25.0 Å². The molecular weight excluding hydrogens is 488 g/mol. The van der Waals surface area contributed by atoms with Crippen molar-refractivity contribution in [1.29, 1.82) is 0 Å². The van der Waals surface area contributed by atoms with E-state index in [0.717, 1.165) is 44.1 Å². The van der Waals surface area contributed by atoms with Gasteiger partial charge in [0.15, 0.2) is 6.29 Å². The van der Waals surface area contributed by atoms with Gasteiger partial charge in [0.1, 0.15) is 12.7 Å². The Kier molecular flexibility index (Phi) is 6.80. The summed E-state index contributed by atoms with van der Waals surface area (Å²) >= 11 is 0. The first-order valence-electron chi connectivity index (χ1n) is 14.8. The average molecular weight is 535 g/mol. The lowest BCUT2D eigenvalue weighted by Gasteiger charge is -2.65. The van der Waals surface area contributed by atoms with Crippen molar-refractivity contribution >= 4 is 5.97 Å². The number of esters is 1. The molecule has 0 spiro atoms. The Morgan fingerprint density at radius 2 is 1.87 bits per heavy atom. The molecule has 4 aliphatic carbocycles. The first kappa shape index (κ1) is 27.2. The second-order valence-corrected chi connectivity index (χ2v) is 13.7. The third kappa shape index (κ3) is 3.96. The zero-order valence-electron chi connectivity index (χ0n) is 23.3. The molecule has 6 rings (SSSR count). The molecular formula is C30H46O8. The summed E-state index contributed by atoms with van der Waals surface area (Å²) in [6.07, 6.45) is 6.83. The molecule has 2 aliphatic heterocycles. The summed E-state index contributed by atoms with van der Waals surface area (Å²) in [5, 5.41) is 34.5. The Morgan fingerprint density at radius 3 is 2.58 bits per heavy atom. The van der Waals surface area contributed by atoms with E-state index in [2.05, 4.69) is 13.8 Å². The van der Waals surface area contributed by atoms with Crippen molar-refractivity contribution in [2.24, 2.45) is 34.5 Å². The fourth-order valence-electron chi connectivity index (χ4n) is 10.1. The van der Waals surface area contributed by atoms with Gasteiger partial charge in [-0.15, -0.1) is 0 Å². The molecule has 0 unspecified atom stereocenters. The van der Waals surface area contributed by atoms with E-state index in [1.54, 1.807) is 13.2 Å². The second-order valence-electron chi connectivity index (χ2n) is 13.7. The number of carbonyl (C=O) groups is 1. The summed E-state index contributed by atoms with van der Waals surface area (Å²) in [6.45, 7) is 6.65. The minimum atomic E-state index is -0.850. The highest BCUT2D eigenvalue weighted by Crippen LogP contribution is 2.70. The fraction of sp³-hybridized carbons (Fsp3) is 0.900. The van der Waals surface area contributed by atoms with Crippen molar-refractivity contribution in [1.82, 2.24) is 0 Å². The van der Waals surface area contributed by atoms with Gasteiger partial charge in [0.05, 0.1) is 30.0 Å². The van der Waals surface area contributed by atoms with Crippen LogP contribution in [0.5, 0.6) is 0 Å². The van der Waals surface area contributed by atoms with E-state index < -0.39 is 23.2 Å². The first-order chi connectivity index (χ1) is 18.0. The summed E-state index contributed by atoms with van der Waals surface area (Å²) in [5.74, 6) is 0.285. The molecule has 0 amide bonds. The van der Waals surface area contributed by atoms with Gasteiger partial charge < -0.3 is 34.3 Å². The van der Waals surface area contributed by atoms with E-state index in [1.807, 2.05) is 6.92 Å². The lowest BCUT2D eigenvalue weighted by molar-refractivity contribution is -0.278. The molecule has 13 atom stereocenters. The van der Waals surface area contributed by atoms with Crippen LogP contribution in [-0.4, -0.2) is 77.4 Å². The van der Waals surface area contributed by atoms with Crippen LogP contribution >= 0.6 is 0 Å². The number of fused-ring (bicyclic) bond motifs is 5. The molecule has 0 radical (unpaired) electrons. The van der Waals surface area contributed by atoms with E-state index in [1.165, 1.54) is 0 Å². The maximum absolute atomic E-state index is 12.4. The molecule has 38 heavy (non-hydrogen) atoms. The highest BCUT2D eigenvalue weighted by Gasteiger charge is 2.70. The van der Waals surface area contributed by atoms with Crippen LogP contribution in [-0.2, 0) is 23.7 Å². The second kappa shape index (κ2) is 9.52. The Hall–Kier alpha value is -1.03. The maximum Gasteiger partial charge on any atom is 0.331 e. The molecule has 0 aromatic carbocycles. The SMILES string of the molecule is CO[C@H]1C[C@H](O[C@H]2CC[C@@]3(C)[C@H](CC[C@@H]4[C@@H]3[C@H](O)C[C@]3(C)[C@@H](C5=CC(=O)OC5)CC[C@]43O)C2)O[C@H](C)[C@H]1O. The monoisotopic (exact) mass is 534 g/mol. The van der Waals surface area contributed by atoms with Gasteiger partial charge in [-0.05, 0) is 93.0 Å². The van der Waals surface area contributed by atoms with Gasteiger partial charge >= 0.3 is 5.97 Å². The predicted octanol–water partition coefficient (Wildman–Crippen LogP) is 3.11. The topological polar surface area (TPSA) is 115 Å². The van der Waals surface area contributed by atoms with E-state index in [-0.39, 0.29) is 53.7 Å². The third-order valence-electron chi connectivity index (χ3n) is 12.2. The molecule has 5 fully saturated rings. The smallest absolute Gasteiger partial charge is 0.331 e. The van der Waals surface area contributed by atoms with Crippen molar-refractivity contribution < 1.29 is 39.1 Å². The molecule has 0 aromatic rings. The highest BCUT2D eigenvalue weighted by molar-refractivity contribution is 5.85. The van der Waals surface area contributed by atoms with Gasteiger partial charge in [-0.2, -0.15) is 0 Å². The van der Waals surface area contributed by atoms with Gasteiger partial charge in [-0.1, -0.05) is 13.8 Å². The quantitative estimate of drug-likeness (QED) is 0.372. The standard InChI is InChI=1S/C30H46O8/c1-16-27(33)23(35-4)13-25(37-16)38-19-7-9-28(2)18(12-19)5-6-21-26(28)22(31)14-29(3)20(8-10-30(21,29)34)17-11-24(32)36-15-17/h11,16,18-23,25-27,31,33-34H,5-10,12-15H2,1-4H3/t16-,18-,19+,20-,21-,22-,23+,25+,26-,27-,28+,29-,30+/m1/s1. The molecule has 1 saturated heterocycles. The van der Waals surface area contributed by atoms with Gasteiger partial charge in [-0.25, -0.2) is 4.79 Å². The lowest BCUT2D eigenvalue weighted by atomic mass is 9.42. The molecule has 8 heteroatoms. The van der Waals surface area contributed by atoms with Crippen LogP contribution in [0.4, 0.5) is 0 Å². The normalized spacial score (nSPS) is 54.5. The van der Waals surface area contributed by atoms with Crippen LogP contribution in [0, 0.1) is 34.5 Å². The fourth-order valence-corrected chi connectivity index (χ4v) is 10.1. The first-order valence-corrected chi connectivity index (χ1v) is 14.8. The number of aliphatic hydroxyl groups is 3. The van der Waals surface area contributed by atoms with Crippen molar-refractivity contribution in [3.63, 3.8) is 0 Å². The van der Waals surface area contributed by atoms with Crippen molar-refractivity contribution in [3.05, 3.63) is 11.6 Å². The molecule has 6 aliphatic rings. The molecule has 2 heterocycles. The van der Waals surface area contributed by atoms with E-state index in [0.29, 0.717) is 31.8 Å². The molecule has 4 saturated carbocycles. The molecule has 0 bridgehead atoms. The Labute approximate surface area is 226 Å². The summed E-state index contributed by atoms with van der Waals surface area (Å²) in [4.78, 5) is 11.8. The van der Waals surface area contributed by atoms with Crippen LogP contribution in [0.2, 0.25) is 0 Å². The minimum absolute atomic E-state index is 0.0464. The summed E-state index contributed by atoms with van der Waals surface area (Å²) in [6, 6.07) is 0. The number of hydrogen-bond donors (Lipinski definition) is 3. The number of ether oxygens (including phenoxy) is 4. The number of methoxy groups -OCH3 is 1. The molecule has 8 nitrogen and oxygen atoms in total. The summed E-state index contributed by atoms with van der Waals surface area (Å²) < 4.78 is 23.1. The zero-order valence-corrected chi connectivity index (χ0v) is 23.3. The Bertz CT molecular complexity index is 968. The summed E-state index contributed by atoms with van der Waals surface area (Å²) in [5.41, 5.74) is -0.389. The van der Waals surface area contributed by atoms with Gasteiger partial charge in [0.25, 0.3) is 0 Å². The number of cyclic esters (lactones) is 1. The van der Waals surface area contributed by atoms with Gasteiger partial charge in [-0.3, -0.25) is 0 Å². The van der Waals surface area contributed by atoms with E-state index in [9.17, 15) is 20.1 Å². The van der Waals surface area contributed by atoms with Crippen LogP contribution in [0.25, 0.3) is 0 Å². The van der Waals surface area contributed by atoms with E-state index in [4.69, 9.17) is 18.9 Å². The lowest BCUT2D eigenvalue weighted by Crippen LogP contribution is -2.66. The average Bonchev–Trinajstić information content (AvgIpc) is 3.41. The van der Waals surface area contributed by atoms with Crippen LogP contribution in [0.3, 0.4) is 0 Å². The number of hydrogen-bond acceptors (Lipinski definition) is 8. The van der Waals surface area contributed by atoms with E-state index >= 15 is 0 Å². The zero-order chi connectivity index (χ0) is 27.0. The maximum atomic E-state index is 12.4. The Balaban J connectivity index is 1.18.